The Kier molecular flexibility index (Phi) is 17.3. The normalized spacial score (nSPS) is 11.6. The van der Waals surface area contributed by atoms with Crippen LogP contribution in [-0.2, 0) is 39.8 Å². The number of esters is 1. The van der Waals surface area contributed by atoms with Crippen LogP contribution in [-0.4, -0.2) is 50.7 Å². The van der Waals surface area contributed by atoms with Crippen molar-refractivity contribution < 1.29 is 54.1 Å². The fourth-order valence-electron chi connectivity index (χ4n) is 5.52. The summed E-state index contributed by atoms with van der Waals surface area (Å²) in [4.78, 5) is 23.6. The Morgan fingerprint density at radius 1 is 0.909 bits per heavy atom. The molecule has 0 aliphatic rings. The van der Waals surface area contributed by atoms with Crippen molar-refractivity contribution in [3.05, 3.63) is 145 Å². The second kappa shape index (κ2) is 22.4. The minimum absolute atomic E-state index is 0.0457. The highest BCUT2D eigenvalue weighted by Gasteiger charge is 2.35. The zero-order valence-electron chi connectivity index (χ0n) is 33.4. The van der Waals surface area contributed by atoms with E-state index >= 15 is 0 Å². The molecule has 0 spiro atoms. The SMILES string of the molecule is CO/C=C(/C(=O)OC)c1ccccc1COc1cc(C(F)(F)F)nc(Nc2ccc(Cl)cc2Cl)n1.N#Cc1nn(-c2c(Cl)cc(C(F)(F)F)cc2Cl)c(NCc2ccccn2)c1SC(F)F. The van der Waals surface area contributed by atoms with E-state index in [0.717, 1.165) is 4.68 Å². The summed E-state index contributed by atoms with van der Waals surface area (Å²) in [6.07, 6.45) is -6.74. The number of pyridine rings is 1. The minimum Gasteiger partial charge on any atom is -0.503 e. The highest BCUT2D eigenvalue weighted by atomic mass is 35.5. The first-order chi connectivity index (χ1) is 31.2. The van der Waals surface area contributed by atoms with Gasteiger partial charge in [0.1, 0.15) is 29.8 Å². The molecule has 346 valence electrons. The molecule has 3 aromatic heterocycles. The van der Waals surface area contributed by atoms with Gasteiger partial charge in [-0.2, -0.15) is 50.5 Å². The van der Waals surface area contributed by atoms with Gasteiger partial charge < -0.3 is 24.8 Å². The monoisotopic (exact) mass is 1020 g/mol. The smallest absolute Gasteiger partial charge is 0.433 e. The van der Waals surface area contributed by atoms with Crippen LogP contribution in [0.2, 0.25) is 20.1 Å². The van der Waals surface area contributed by atoms with E-state index in [4.69, 9.17) is 60.6 Å². The Bertz CT molecular complexity index is 2740. The molecule has 0 saturated carbocycles. The Morgan fingerprint density at radius 3 is 2.20 bits per heavy atom. The molecule has 0 aliphatic carbocycles. The lowest BCUT2D eigenvalue weighted by molar-refractivity contribution is -0.141. The fraction of sp³-hybridized carbons (Fsp3) is 0.171. The average molecular weight is 1020 g/mol. The van der Waals surface area contributed by atoms with Crippen molar-refractivity contribution in [3.8, 4) is 17.6 Å². The molecule has 3 aromatic carbocycles. The largest absolute Gasteiger partial charge is 0.503 e. The Morgan fingerprint density at radius 2 is 1.61 bits per heavy atom. The van der Waals surface area contributed by atoms with Gasteiger partial charge in [0.15, 0.2) is 11.4 Å². The molecule has 0 unspecified atom stereocenters. The Balaban J connectivity index is 0.000000249. The van der Waals surface area contributed by atoms with Crippen molar-refractivity contribution in [2.75, 3.05) is 24.9 Å². The topological polar surface area (TPSA) is 149 Å². The van der Waals surface area contributed by atoms with Crippen LogP contribution < -0.4 is 15.4 Å². The summed E-state index contributed by atoms with van der Waals surface area (Å²) in [5, 5.41) is 18.4. The number of nitrogens with one attached hydrogen (secondary N) is 2. The van der Waals surface area contributed by atoms with Gasteiger partial charge in [-0.05, 0) is 65.4 Å². The number of methoxy groups -OCH3 is 2. The summed E-state index contributed by atoms with van der Waals surface area (Å²) in [6.45, 7) is -0.173. The molecule has 2 N–H and O–H groups in total. The van der Waals surface area contributed by atoms with E-state index in [1.807, 2.05) is 0 Å². The van der Waals surface area contributed by atoms with Crippen LogP contribution in [0.3, 0.4) is 0 Å². The van der Waals surface area contributed by atoms with Gasteiger partial charge in [-0.25, -0.2) is 14.5 Å². The minimum atomic E-state index is -4.77. The lowest BCUT2D eigenvalue weighted by Gasteiger charge is -2.16. The van der Waals surface area contributed by atoms with Gasteiger partial charge in [-0.3, -0.25) is 4.98 Å². The number of rotatable bonds is 14. The van der Waals surface area contributed by atoms with E-state index in [0.29, 0.717) is 40.0 Å². The van der Waals surface area contributed by atoms with Crippen LogP contribution in [0, 0.1) is 11.3 Å². The van der Waals surface area contributed by atoms with Crippen LogP contribution in [0.4, 0.5) is 52.6 Å². The number of nitrogens with zero attached hydrogens (tertiary/aromatic N) is 6. The van der Waals surface area contributed by atoms with Gasteiger partial charge >= 0.3 is 18.3 Å². The van der Waals surface area contributed by atoms with Gasteiger partial charge in [0.25, 0.3) is 5.76 Å². The molecule has 25 heteroatoms. The molecule has 0 amide bonds. The maximum atomic E-state index is 13.5. The van der Waals surface area contributed by atoms with Gasteiger partial charge in [-0.1, -0.05) is 76.7 Å². The Hall–Kier alpha value is -6.05. The van der Waals surface area contributed by atoms with E-state index in [2.05, 4.69) is 30.7 Å². The van der Waals surface area contributed by atoms with Crippen molar-refractivity contribution in [1.82, 2.24) is 24.7 Å². The molecule has 0 aliphatic heterocycles. The first kappa shape index (κ1) is 50.9. The average Bonchev–Trinajstić information content (AvgIpc) is 3.59. The molecule has 66 heavy (non-hydrogen) atoms. The number of carbonyl (C=O) groups is 1. The number of ether oxygens (including phenoxy) is 3. The zero-order valence-corrected chi connectivity index (χ0v) is 37.3. The first-order valence-electron chi connectivity index (χ1n) is 18.1. The van der Waals surface area contributed by atoms with Gasteiger partial charge in [0, 0.05) is 17.3 Å². The standard InChI is InChI=1S/C23H18Cl2F3N3O4.C18H10Cl2F5N5S/c1-33-12-16(21(32)34-2)15-6-4-3-5-13(15)11-35-20-10-19(23(26,27)28)30-22(31-20)29-18-8-7-14(24)9-17(18)25;19-11-5-9(18(23,24)25)6-12(20)14(11)30-16(28-8-10-3-1-2-4-27-10)15(31-17(21)22)13(7-26)29-30/h3-10,12H,11H2,1-2H3,(H,29,30,31);1-6,17,28H,8H2/b16-12+;. The number of anilines is 3. The fourth-order valence-corrected chi connectivity index (χ4v) is 7.27. The number of carbonyl (C=O) groups excluding carboxylic acids is 1. The third-order valence-electron chi connectivity index (χ3n) is 8.37. The predicted octanol–water partition coefficient (Wildman–Crippen LogP) is 12.7. The maximum absolute atomic E-state index is 13.5. The zero-order chi connectivity index (χ0) is 48.3. The maximum Gasteiger partial charge on any atom is 0.433 e. The highest BCUT2D eigenvalue weighted by molar-refractivity contribution is 7.99. The number of benzene rings is 3. The van der Waals surface area contributed by atoms with E-state index in [9.17, 15) is 45.2 Å². The number of hydrogen-bond donors (Lipinski definition) is 2. The molecule has 6 rings (SSSR count). The molecule has 0 atom stereocenters. The van der Waals surface area contributed by atoms with Crippen LogP contribution in [0.5, 0.6) is 5.88 Å². The summed E-state index contributed by atoms with van der Waals surface area (Å²) in [7, 11) is 2.58. The van der Waals surface area contributed by atoms with Crippen molar-refractivity contribution in [2.24, 2.45) is 0 Å². The van der Waals surface area contributed by atoms with Crippen LogP contribution in [0.25, 0.3) is 11.3 Å². The molecule has 0 bridgehead atoms. The van der Waals surface area contributed by atoms with Crippen molar-refractivity contribution in [3.63, 3.8) is 0 Å². The van der Waals surface area contributed by atoms with Crippen molar-refractivity contribution >= 4 is 87.2 Å². The second-order valence-corrected chi connectivity index (χ2v) is 15.4. The van der Waals surface area contributed by atoms with Crippen LogP contribution >= 0.6 is 58.2 Å². The van der Waals surface area contributed by atoms with Crippen molar-refractivity contribution in [1.29, 1.82) is 5.26 Å². The lowest BCUT2D eigenvalue weighted by atomic mass is 10.0. The molecule has 0 saturated heterocycles. The summed E-state index contributed by atoms with van der Waals surface area (Å²) in [6, 6.07) is 19.7. The molecule has 12 nitrogen and oxygen atoms in total. The molecule has 6 aromatic rings. The number of halogens is 12. The summed E-state index contributed by atoms with van der Waals surface area (Å²) in [5.41, 5.74) is -1.11. The van der Waals surface area contributed by atoms with E-state index in [-0.39, 0.29) is 75.1 Å². The Labute approximate surface area is 393 Å². The molecular weight excluding hydrogens is 994 g/mol. The van der Waals surface area contributed by atoms with E-state index in [1.54, 1.807) is 48.5 Å². The number of hydrogen-bond acceptors (Lipinski definition) is 12. The molecule has 3 heterocycles. The quantitative estimate of drug-likeness (QED) is 0.0352. The van der Waals surface area contributed by atoms with Crippen LogP contribution in [0.15, 0.2) is 96.2 Å². The first-order valence-corrected chi connectivity index (χ1v) is 20.5. The third-order valence-corrected chi connectivity index (χ3v) is 10.3. The lowest BCUT2D eigenvalue weighted by Crippen LogP contribution is -2.12. The summed E-state index contributed by atoms with van der Waals surface area (Å²) >= 11 is 24.1. The second-order valence-electron chi connectivity index (χ2n) is 12.8. The van der Waals surface area contributed by atoms with E-state index < -0.39 is 45.4 Å². The third kappa shape index (κ3) is 13.3. The highest BCUT2D eigenvalue weighted by Crippen LogP contribution is 2.42. The number of alkyl halides is 8. The summed E-state index contributed by atoms with van der Waals surface area (Å²) in [5.74, 6) is -4.38. The van der Waals surface area contributed by atoms with Crippen molar-refractivity contribution in [2.45, 2.75) is 36.2 Å². The summed E-state index contributed by atoms with van der Waals surface area (Å²) < 4.78 is 122. The van der Waals surface area contributed by atoms with E-state index in [1.165, 1.54) is 44.9 Å². The molecule has 0 fully saturated rings. The predicted molar refractivity (Wildman–Crippen MR) is 231 cm³/mol. The van der Waals surface area contributed by atoms with Crippen LogP contribution in [0.1, 0.15) is 33.8 Å². The van der Waals surface area contributed by atoms with Gasteiger partial charge in [0.05, 0.1) is 63.9 Å². The molecule has 0 radical (unpaired) electrons. The number of thioether (sulfide) groups is 1. The molecular formula is C41H28Cl4F8N8O4S. The van der Waals surface area contributed by atoms with Gasteiger partial charge in [-0.15, -0.1) is 0 Å². The number of nitriles is 1. The number of aromatic nitrogens is 5. The van der Waals surface area contributed by atoms with Gasteiger partial charge in [0.2, 0.25) is 11.8 Å².